The SMILES string of the molecule is COC(=O)c1ccc(CNS(=O)(=O)CCCN2CCN(c3ccccc3)CC2)cc1. The predicted molar refractivity (Wildman–Crippen MR) is 118 cm³/mol. The molecule has 0 unspecified atom stereocenters. The fourth-order valence-electron chi connectivity index (χ4n) is 3.49. The summed E-state index contributed by atoms with van der Waals surface area (Å²) in [5.74, 6) is -0.307. The molecule has 0 spiro atoms. The van der Waals surface area contributed by atoms with E-state index in [1.54, 1.807) is 24.3 Å². The summed E-state index contributed by atoms with van der Waals surface area (Å²) in [6, 6.07) is 17.1. The van der Waals surface area contributed by atoms with Crippen molar-refractivity contribution < 1.29 is 17.9 Å². The number of methoxy groups -OCH3 is 1. The highest BCUT2D eigenvalue weighted by Gasteiger charge is 2.18. The number of benzene rings is 2. The molecule has 1 heterocycles. The van der Waals surface area contributed by atoms with Gasteiger partial charge in [0.05, 0.1) is 18.4 Å². The Morgan fingerprint density at radius 3 is 2.30 bits per heavy atom. The monoisotopic (exact) mass is 431 g/mol. The van der Waals surface area contributed by atoms with Crippen molar-refractivity contribution in [3.05, 3.63) is 65.7 Å². The van der Waals surface area contributed by atoms with Crippen molar-refractivity contribution in [1.29, 1.82) is 0 Å². The number of carbonyl (C=O) groups is 1. The quantitative estimate of drug-likeness (QED) is 0.613. The van der Waals surface area contributed by atoms with Crippen LogP contribution in [0.3, 0.4) is 0 Å². The summed E-state index contributed by atoms with van der Waals surface area (Å²) in [4.78, 5) is 16.1. The first-order valence-corrected chi connectivity index (χ1v) is 11.8. The minimum absolute atomic E-state index is 0.103. The summed E-state index contributed by atoms with van der Waals surface area (Å²) in [5.41, 5.74) is 2.48. The first kappa shape index (κ1) is 22.3. The van der Waals surface area contributed by atoms with Gasteiger partial charge in [0, 0.05) is 38.4 Å². The van der Waals surface area contributed by atoms with Gasteiger partial charge in [0.2, 0.25) is 10.0 Å². The fraction of sp³-hybridized carbons (Fsp3) is 0.409. The molecule has 1 aliphatic rings. The molecule has 8 heteroatoms. The molecule has 1 N–H and O–H groups in total. The number of anilines is 1. The van der Waals surface area contributed by atoms with Gasteiger partial charge in [-0.3, -0.25) is 4.90 Å². The highest BCUT2D eigenvalue weighted by Crippen LogP contribution is 2.15. The fourth-order valence-corrected chi connectivity index (χ4v) is 4.53. The number of piperazine rings is 1. The van der Waals surface area contributed by atoms with Gasteiger partial charge in [-0.25, -0.2) is 17.9 Å². The summed E-state index contributed by atoms with van der Waals surface area (Å²) in [5, 5.41) is 0. The molecule has 0 aliphatic carbocycles. The van der Waals surface area contributed by atoms with Crippen molar-refractivity contribution >= 4 is 21.7 Å². The lowest BCUT2D eigenvalue weighted by atomic mass is 10.1. The van der Waals surface area contributed by atoms with E-state index in [9.17, 15) is 13.2 Å². The van der Waals surface area contributed by atoms with Crippen molar-refractivity contribution in [2.75, 3.05) is 50.5 Å². The first-order valence-electron chi connectivity index (χ1n) is 10.1. The maximum atomic E-state index is 12.3. The van der Waals surface area contributed by atoms with E-state index in [1.165, 1.54) is 12.8 Å². The molecule has 0 atom stereocenters. The zero-order chi connectivity index (χ0) is 21.4. The Kier molecular flexibility index (Phi) is 7.84. The summed E-state index contributed by atoms with van der Waals surface area (Å²) < 4.78 is 31.9. The summed E-state index contributed by atoms with van der Waals surface area (Å²) in [6.45, 7) is 4.77. The van der Waals surface area contributed by atoms with E-state index in [4.69, 9.17) is 0 Å². The molecule has 1 saturated heterocycles. The van der Waals surface area contributed by atoms with Crippen molar-refractivity contribution in [3.8, 4) is 0 Å². The number of ether oxygens (including phenoxy) is 1. The number of carbonyl (C=O) groups excluding carboxylic acids is 1. The molecule has 0 aromatic heterocycles. The van der Waals surface area contributed by atoms with Crippen LogP contribution in [-0.2, 0) is 21.3 Å². The van der Waals surface area contributed by atoms with Crippen molar-refractivity contribution in [2.24, 2.45) is 0 Å². The van der Waals surface area contributed by atoms with Gasteiger partial charge < -0.3 is 9.64 Å². The van der Waals surface area contributed by atoms with Crippen molar-refractivity contribution in [3.63, 3.8) is 0 Å². The third kappa shape index (κ3) is 6.55. The largest absolute Gasteiger partial charge is 0.465 e. The van der Waals surface area contributed by atoms with Crippen LogP contribution >= 0.6 is 0 Å². The number of sulfonamides is 1. The molecule has 0 bridgehead atoms. The lowest BCUT2D eigenvalue weighted by molar-refractivity contribution is 0.0600. The van der Waals surface area contributed by atoms with Crippen LogP contribution in [0, 0.1) is 0 Å². The zero-order valence-corrected chi connectivity index (χ0v) is 18.1. The summed E-state index contributed by atoms with van der Waals surface area (Å²) in [7, 11) is -2.02. The number of hydrogen-bond donors (Lipinski definition) is 1. The standard InChI is InChI=1S/C22H29N3O4S/c1-29-22(26)20-10-8-19(9-11-20)18-23-30(27,28)17-5-12-24-13-15-25(16-14-24)21-6-3-2-4-7-21/h2-4,6-11,23H,5,12-18H2,1H3. The Morgan fingerprint density at radius 1 is 1.00 bits per heavy atom. The Morgan fingerprint density at radius 2 is 1.67 bits per heavy atom. The number of esters is 1. The van der Waals surface area contributed by atoms with Gasteiger partial charge in [-0.1, -0.05) is 30.3 Å². The molecular formula is C22H29N3O4S. The number of hydrogen-bond acceptors (Lipinski definition) is 6. The van der Waals surface area contributed by atoms with Crippen molar-refractivity contribution in [2.45, 2.75) is 13.0 Å². The van der Waals surface area contributed by atoms with Crippen LogP contribution in [0.25, 0.3) is 0 Å². The molecule has 2 aromatic rings. The average Bonchev–Trinajstić information content (AvgIpc) is 2.78. The van der Waals surface area contributed by atoms with Crippen LogP contribution in [0.5, 0.6) is 0 Å². The third-order valence-corrected chi connectivity index (χ3v) is 6.66. The second kappa shape index (κ2) is 10.6. The normalized spacial score (nSPS) is 15.2. The average molecular weight is 432 g/mol. The van der Waals surface area contributed by atoms with Gasteiger partial charge in [-0.15, -0.1) is 0 Å². The van der Waals surface area contributed by atoms with Crippen LogP contribution in [0.15, 0.2) is 54.6 Å². The molecule has 1 fully saturated rings. The lowest BCUT2D eigenvalue weighted by Crippen LogP contribution is -2.47. The Balaban J connectivity index is 1.37. The zero-order valence-electron chi connectivity index (χ0n) is 17.3. The van der Waals surface area contributed by atoms with E-state index < -0.39 is 16.0 Å². The molecule has 0 amide bonds. The highest BCUT2D eigenvalue weighted by atomic mass is 32.2. The van der Waals surface area contributed by atoms with Gasteiger partial charge in [-0.2, -0.15) is 0 Å². The van der Waals surface area contributed by atoms with Crippen molar-refractivity contribution in [1.82, 2.24) is 9.62 Å². The van der Waals surface area contributed by atoms with E-state index >= 15 is 0 Å². The maximum absolute atomic E-state index is 12.3. The topological polar surface area (TPSA) is 78.9 Å². The third-order valence-electron chi connectivity index (χ3n) is 5.25. The Hall–Kier alpha value is -2.42. The molecule has 2 aromatic carbocycles. The second-order valence-corrected chi connectivity index (χ2v) is 9.27. The predicted octanol–water partition coefficient (Wildman–Crippen LogP) is 2.10. The molecule has 162 valence electrons. The highest BCUT2D eigenvalue weighted by molar-refractivity contribution is 7.89. The van der Waals surface area contributed by atoms with Gasteiger partial charge in [0.25, 0.3) is 0 Å². The maximum Gasteiger partial charge on any atom is 0.337 e. The smallest absolute Gasteiger partial charge is 0.337 e. The van der Waals surface area contributed by atoms with Gasteiger partial charge >= 0.3 is 5.97 Å². The Labute approximate surface area is 178 Å². The molecule has 3 rings (SSSR count). The van der Waals surface area contributed by atoms with Gasteiger partial charge in [0.1, 0.15) is 0 Å². The molecule has 7 nitrogen and oxygen atoms in total. The molecule has 0 radical (unpaired) electrons. The van der Waals surface area contributed by atoms with E-state index in [1.807, 2.05) is 18.2 Å². The minimum Gasteiger partial charge on any atom is -0.465 e. The number of nitrogens with zero attached hydrogens (tertiary/aromatic N) is 2. The summed E-state index contributed by atoms with van der Waals surface area (Å²) >= 11 is 0. The van der Waals surface area contributed by atoms with Gasteiger partial charge in [-0.05, 0) is 42.8 Å². The first-order chi connectivity index (χ1) is 14.5. The van der Waals surface area contributed by atoms with Crippen LogP contribution in [0.1, 0.15) is 22.3 Å². The van der Waals surface area contributed by atoms with Crippen LogP contribution in [0.4, 0.5) is 5.69 Å². The van der Waals surface area contributed by atoms with E-state index in [2.05, 4.69) is 31.4 Å². The van der Waals surface area contributed by atoms with Crippen LogP contribution in [-0.4, -0.2) is 64.9 Å². The Bertz CT molecular complexity index is 909. The molecule has 0 saturated carbocycles. The van der Waals surface area contributed by atoms with E-state index in [0.29, 0.717) is 12.0 Å². The van der Waals surface area contributed by atoms with E-state index in [-0.39, 0.29) is 12.3 Å². The molecule has 1 aliphatic heterocycles. The lowest BCUT2D eigenvalue weighted by Gasteiger charge is -2.36. The number of para-hydroxylation sites is 1. The van der Waals surface area contributed by atoms with Crippen LogP contribution < -0.4 is 9.62 Å². The molecule has 30 heavy (non-hydrogen) atoms. The van der Waals surface area contributed by atoms with E-state index in [0.717, 1.165) is 38.3 Å². The minimum atomic E-state index is -3.34. The molecular weight excluding hydrogens is 402 g/mol. The summed E-state index contributed by atoms with van der Waals surface area (Å²) in [6.07, 6.45) is 0.599. The second-order valence-electron chi connectivity index (χ2n) is 7.35. The van der Waals surface area contributed by atoms with Gasteiger partial charge in [0.15, 0.2) is 0 Å². The number of nitrogens with one attached hydrogen (secondary N) is 1. The number of rotatable bonds is 9. The van der Waals surface area contributed by atoms with Crippen LogP contribution in [0.2, 0.25) is 0 Å².